The quantitative estimate of drug-likeness (QED) is 0.624. The second-order valence-electron chi connectivity index (χ2n) is 4.97. The first-order valence-electron chi connectivity index (χ1n) is 7.15. The number of benzene rings is 2. The first kappa shape index (κ1) is 15.9. The predicted molar refractivity (Wildman–Crippen MR) is 96.1 cm³/mol. The number of amides is 2. The van der Waals surface area contributed by atoms with Crippen LogP contribution in [0.25, 0.3) is 11.0 Å². The van der Waals surface area contributed by atoms with Crippen LogP contribution in [0.1, 0.15) is 0 Å². The molecule has 0 saturated carbocycles. The Labute approximate surface area is 142 Å². The van der Waals surface area contributed by atoms with Crippen LogP contribution in [0.5, 0.6) is 0 Å². The molecule has 3 N–H and O–H groups in total. The molecule has 1 aromatic heterocycles. The molecule has 0 fully saturated rings. The Morgan fingerprint density at radius 1 is 1.00 bits per heavy atom. The Balaban J connectivity index is 1.91. The Hall–Kier alpha value is -2.99. The maximum atomic E-state index is 12.2. The molecule has 0 saturated heterocycles. The summed E-state index contributed by atoms with van der Waals surface area (Å²) in [6, 6.07) is 13.1. The molecule has 1 heterocycles. The third-order valence-electron chi connectivity index (χ3n) is 3.40. The van der Waals surface area contributed by atoms with E-state index in [4.69, 9.17) is 16.0 Å². The molecule has 122 valence electrons. The molecule has 0 atom stereocenters. The van der Waals surface area contributed by atoms with E-state index in [0.717, 1.165) is 0 Å². The van der Waals surface area contributed by atoms with Crippen molar-refractivity contribution < 1.29 is 9.21 Å². The summed E-state index contributed by atoms with van der Waals surface area (Å²) in [5, 5.41) is 9.36. The van der Waals surface area contributed by atoms with Crippen molar-refractivity contribution in [2.75, 3.05) is 23.0 Å². The van der Waals surface area contributed by atoms with Gasteiger partial charge in [0.1, 0.15) is 5.58 Å². The smallest absolute Gasteiger partial charge is 0.362 e. The fourth-order valence-corrected chi connectivity index (χ4v) is 2.46. The summed E-state index contributed by atoms with van der Waals surface area (Å²) >= 11 is 5.80. The van der Waals surface area contributed by atoms with E-state index >= 15 is 0 Å². The lowest BCUT2D eigenvalue weighted by Crippen LogP contribution is -2.24. The lowest BCUT2D eigenvalue weighted by molar-refractivity contribution is 0.262. The van der Waals surface area contributed by atoms with Crippen molar-refractivity contribution in [2.45, 2.75) is 0 Å². The second kappa shape index (κ2) is 6.64. The molecular formula is C17H14ClN3O3. The molecule has 3 aromatic rings. The number of hydrogen-bond donors (Lipinski definition) is 3. The van der Waals surface area contributed by atoms with E-state index in [1.807, 2.05) is 6.07 Å². The zero-order valence-corrected chi connectivity index (χ0v) is 13.5. The van der Waals surface area contributed by atoms with Crippen LogP contribution in [-0.4, -0.2) is 13.1 Å². The number of rotatable bonds is 3. The summed E-state index contributed by atoms with van der Waals surface area (Å²) < 4.78 is 5.25. The van der Waals surface area contributed by atoms with Crippen LogP contribution in [0.4, 0.5) is 21.9 Å². The summed E-state index contributed by atoms with van der Waals surface area (Å²) in [4.78, 5) is 24.3. The van der Waals surface area contributed by atoms with Crippen LogP contribution < -0.4 is 21.6 Å². The minimum absolute atomic E-state index is 0.0441. The highest BCUT2D eigenvalue weighted by Crippen LogP contribution is 2.28. The molecule has 3 rings (SSSR count). The number of para-hydroxylation sites is 1. The molecule has 0 aliphatic carbocycles. The highest BCUT2D eigenvalue weighted by Gasteiger charge is 2.16. The fraction of sp³-hybridized carbons (Fsp3) is 0.0588. The van der Waals surface area contributed by atoms with Crippen LogP contribution in [0, 0.1) is 0 Å². The number of carbonyl (C=O) groups is 1. The molecule has 0 aliphatic heterocycles. The van der Waals surface area contributed by atoms with E-state index in [9.17, 15) is 9.59 Å². The lowest BCUT2D eigenvalue weighted by atomic mass is 10.2. The van der Waals surface area contributed by atoms with Gasteiger partial charge in [-0.25, -0.2) is 9.59 Å². The molecule has 0 aliphatic rings. The minimum atomic E-state index is -0.635. The number of fused-ring (bicyclic) bond motifs is 1. The molecule has 0 unspecified atom stereocenters. The van der Waals surface area contributed by atoms with Crippen molar-refractivity contribution in [2.24, 2.45) is 0 Å². The SMILES string of the molecule is CNc1c(NC(=O)Nc2ccc(Cl)cc2)c(=O)oc2ccccc12. The Bertz CT molecular complexity index is 951. The van der Waals surface area contributed by atoms with Crippen LogP contribution in [0.15, 0.2) is 57.7 Å². The molecular weight excluding hydrogens is 330 g/mol. The van der Waals surface area contributed by atoms with E-state index in [0.29, 0.717) is 27.4 Å². The van der Waals surface area contributed by atoms with Gasteiger partial charge in [0.2, 0.25) is 0 Å². The Morgan fingerprint density at radius 2 is 1.71 bits per heavy atom. The van der Waals surface area contributed by atoms with Crippen LogP contribution >= 0.6 is 11.6 Å². The highest BCUT2D eigenvalue weighted by molar-refractivity contribution is 6.30. The monoisotopic (exact) mass is 343 g/mol. The molecule has 0 radical (unpaired) electrons. The average molecular weight is 344 g/mol. The largest absolute Gasteiger partial charge is 0.421 e. The number of hydrogen-bond acceptors (Lipinski definition) is 4. The molecule has 7 heteroatoms. The summed E-state index contributed by atoms with van der Waals surface area (Å²) in [6.07, 6.45) is 0. The third-order valence-corrected chi connectivity index (χ3v) is 3.66. The van der Waals surface area contributed by atoms with Gasteiger partial charge in [-0.3, -0.25) is 5.32 Å². The van der Waals surface area contributed by atoms with Gasteiger partial charge in [0, 0.05) is 23.1 Å². The normalized spacial score (nSPS) is 10.4. The van der Waals surface area contributed by atoms with Gasteiger partial charge in [0.15, 0.2) is 5.69 Å². The van der Waals surface area contributed by atoms with E-state index in [1.54, 1.807) is 49.5 Å². The lowest BCUT2D eigenvalue weighted by Gasteiger charge is -2.12. The van der Waals surface area contributed by atoms with Crippen LogP contribution in [0.2, 0.25) is 5.02 Å². The summed E-state index contributed by atoms with van der Waals surface area (Å²) in [5.74, 6) is 0. The molecule has 6 nitrogen and oxygen atoms in total. The van der Waals surface area contributed by atoms with Gasteiger partial charge in [-0.05, 0) is 36.4 Å². The van der Waals surface area contributed by atoms with Crippen molar-refractivity contribution in [1.82, 2.24) is 0 Å². The Kier molecular flexibility index (Phi) is 4.39. The van der Waals surface area contributed by atoms with E-state index < -0.39 is 11.7 Å². The van der Waals surface area contributed by atoms with Crippen molar-refractivity contribution in [1.29, 1.82) is 0 Å². The number of nitrogens with one attached hydrogen (secondary N) is 3. The molecule has 0 spiro atoms. The van der Waals surface area contributed by atoms with Crippen molar-refractivity contribution in [3.05, 3.63) is 64.0 Å². The van der Waals surface area contributed by atoms with Crippen LogP contribution in [-0.2, 0) is 0 Å². The Morgan fingerprint density at radius 3 is 2.42 bits per heavy atom. The van der Waals surface area contributed by atoms with Gasteiger partial charge in [-0.2, -0.15) is 0 Å². The number of urea groups is 1. The first-order chi connectivity index (χ1) is 11.6. The van der Waals surface area contributed by atoms with Gasteiger partial charge >= 0.3 is 11.7 Å². The summed E-state index contributed by atoms with van der Waals surface area (Å²) in [5.41, 5.74) is 0.892. The number of carbonyl (C=O) groups excluding carboxylic acids is 1. The van der Waals surface area contributed by atoms with E-state index in [1.165, 1.54) is 0 Å². The third kappa shape index (κ3) is 3.18. The molecule has 2 amide bonds. The van der Waals surface area contributed by atoms with Gasteiger partial charge in [-0.1, -0.05) is 23.7 Å². The predicted octanol–water partition coefficient (Wildman–Crippen LogP) is 4.13. The maximum absolute atomic E-state index is 12.2. The van der Waals surface area contributed by atoms with Crippen LogP contribution in [0.3, 0.4) is 0 Å². The van der Waals surface area contributed by atoms with Gasteiger partial charge in [0.05, 0.1) is 5.69 Å². The zero-order valence-electron chi connectivity index (χ0n) is 12.7. The topological polar surface area (TPSA) is 83.4 Å². The first-order valence-corrected chi connectivity index (χ1v) is 7.53. The number of anilines is 3. The van der Waals surface area contributed by atoms with Crippen molar-refractivity contribution in [3.63, 3.8) is 0 Å². The maximum Gasteiger partial charge on any atom is 0.362 e. The fourth-order valence-electron chi connectivity index (χ4n) is 2.33. The van der Waals surface area contributed by atoms with Crippen molar-refractivity contribution >= 4 is 45.7 Å². The minimum Gasteiger partial charge on any atom is -0.421 e. The molecule has 2 aromatic carbocycles. The van der Waals surface area contributed by atoms with Crippen molar-refractivity contribution in [3.8, 4) is 0 Å². The molecule has 0 bridgehead atoms. The second-order valence-corrected chi connectivity index (χ2v) is 5.41. The molecule has 24 heavy (non-hydrogen) atoms. The van der Waals surface area contributed by atoms with E-state index in [2.05, 4.69) is 16.0 Å². The standard InChI is InChI=1S/C17H14ClN3O3/c1-19-14-12-4-2-3-5-13(12)24-16(22)15(14)21-17(23)20-11-8-6-10(18)7-9-11/h2-9,19H,1H3,(H2,20,21,23). The highest BCUT2D eigenvalue weighted by atomic mass is 35.5. The van der Waals surface area contributed by atoms with Gasteiger partial charge in [0.25, 0.3) is 0 Å². The number of halogens is 1. The average Bonchev–Trinajstić information content (AvgIpc) is 2.57. The summed E-state index contributed by atoms with van der Waals surface area (Å²) in [7, 11) is 1.67. The summed E-state index contributed by atoms with van der Waals surface area (Å²) in [6.45, 7) is 0. The van der Waals surface area contributed by atoms with Gasteiger partial charge < -0.3 is 15.1 Å². The zero-order chi connectivity index (χ0) is 17.1. The van der Waals surface area contributed by atoms with E-state index in [-0.39, 0.29) is 5.69 Å². The van der Waals surface area contributed by atoms with Gasteiger partial charge in [-0.15, -0.1) is 0 Å².